The molecule has 9 heteroatoms. The normalized spacial score (nSPS) is 16.5. The van der Waals surface area contributed by atoms with Gasteiger partial charge >= 0.3 is 0 Å². The summed E-state index contributed by atoms with van der Waals surface area (Å²) in [6, 6.07) is 25.8. The zero-order valence-corrected chi connectivity index (χ0v) is 24.2. The van der Waals surface area contributed by atoms with Crippen molar-refractivity contribution in [2.75, 3.05) is 18.7 Å². The summed E-state index contributed by atoms with van der Waals surface area (Å²) in [6.07, 6.45) is 0. The highest BCUT2D eigenvalue weighted by Crippen LogP contribution is 2.28. The van der Waals surface area contributed by atoms with Gasteiger partial charge < -0.3 is 4.74 Å². The summed E-state index contributed by atoms with van der Waals surface area (Å²) >= 11 is 5.44. The number of thiocarbonyl (C=S) groups is 1. The Morgan fingerprint density at radius 2 is 1.78 bits per heavy atom. The summed E-state index contributed by atoms with van der Waals surface area (Å²) in [5.74, 6) is 0.403. The largest absolute Gasteiger partial charge is 0.493 e. The number of para-hydroxylation sites is 2. The fraction of sp³-hybridized carbons (Fsp3) is 0.219. The van der Waals surface area contributed by atoms with E-state index in [9.17, 15) is 9.59 Å². The minimum atomic E-state index is -0.433. The maximum absolute atomic E-state index is 13.6. The van der Waals surface area contributed by atoms with Crippen molar-refractivity contribution >= 4 is 51.4 Å². The first-order chi connectivity index (χ1) is 19.7. The number of benzene rings is 3. The zero-order chi connectivity index (χ0) is 29.1. The Labute approximate surface area is 244 Å². The van der Waals surface area contributed by atoms with Crippen molar-refractivity contribution in [1.82, 2.24) is 15.3 Å². The van der Waals surface area contributed by atoms with Gasteiger partial charge in [-0.2, -0.15) is 0 Å². The highest BCUT2D eigenvalue weighted by atomic mass is 32.1. The quantitative estimate of drug-likeness (QED) is 0.303. The standard InChI is InChI=1S/C32H31N5O3S/c1-20(2)19-40-24-14-10-11-22(17-24)28-18-26(25-15-8-9-16-27(25)33-28)30(38)35-32(41)34-29-21(3)36(4)37(31(29)39)23-12-6-5-7-13-23/h5-18,20-21H,19H2,1-4H3,(H,35,38,41). The Kier molecular flexibility index (Phi) is 8.19. The maximum atomic E-state index is 13.6. The van der Waals surface area contributed by atoms with Gasteiger partial charge in [-0.05, 0) is 61.5 Å². The van der Waals surface area contributed by atoms with Crippen LogP contribution in [0.15, 0.2) is 89.9 Å². The molecule has 1 saturated heterocycles. The lowest BCUT2D eigenvalue weighted by atomic mass is 10.0. The van der Waals surface area contributed by atoms with Crippen molar-refractivity contribution in [3.05, 3.63) is 90.5 Å². The van der Waals surface area contributed by atoms with Crippen LogP contribution in [-0.2, 0) is 4.79 Å². The molecule has 1 aromatic heterocycles. The van der Waals surface area contributed by atoms with Gasteiger partial charge in [-0.3, -0.25) is 14.9 Å². The van der Waals surface area contributed by atoms with Crippen LogP contribution in [0.1, 0.15) is 31.1 Å². The van der Waals surface area contributed by atoms with Crippen LogP contribution in [-0.4, -0.2) is 52.3 Å². The highest BCUT2D eigenvalue weighted by Gasteiger charge is 2.40. The molecule has 0 aliphatic carbocycles. The second kappa shape index (κ2) is 12.0. The summed E-state index contributed by atoms with van der Waals surface area (Å²) in [6.45, 7) is 6.65. The van der Waals surface area contributed by atoms with Crippen molar-refractivity contribution in [3.8, 4) is 17.0 Å². The average Bonchev–Trinajstić information content (AvgIpc) is 3.18. The number of hydrogen-bond donors (Lipinski definition) is 1. The van der Waals surface area contributed by atoms with Crippen molar-refractivity contribution in [2.45, 2.75) is 26.8 Å². The Hall–Kier alpha value is -4.47. The summed E-state index contributed by atoms with van der Waals surface area (Å²) in [4.78, 5) is 36.0. The predicted octanol–water partition coefficient (Wildman–Crippen LogP) is 5.67. The minimum absolute atomic E-state index is 0.0833. The van der Waals surface area contributed by atoms with Gasteiger partial charge in [-0.25, -0.2) is 20.0 Å². The van der Waals surface area contributed by atoms with Crippen LogP contribution < -0.4 is 15.1 Å². The van der Waals surface area contributed by atoms with Gasteiger partial charge in [0.15, 0.2) is 5.11 Å². The van der Waals surface area contributed by atoms with E-state index in [1.165, 1.54) is 0 Å². The lowest BCUT2D eigenvalue weighted by Gasteiger charge is -2.25. The second-order valence-corrected chi connectivity index (χ2v) is 10.7. The van der Waals surface area contributed by atoms with Gasteiger partial charge in [-0.1, -0.05) is 62.4 Å². The van der Waals surface area contributed by atoms with Crippen LogP contribution in [0.25, 0.3) is 22.2 Å². The van der Waals surface area contributed by atoms with Crippen molar-refractivity contribution < 1.29 is 14.3 Å². The Balaban J connectivity index is 1.42. The number of nitrogens with zero attached hydrogens (tertiary/aromatic N) is 4. The number of fused-ring (bicyclic) bond motifs is 1. The van der Waals surface area contributed by atoms with Crippen LogP contribution in [0.2, 0.25) is 0 Å². The molecule has 41 heavy (non-hydrogen) atoms. The molecular formula is C32H31N5O3S. The molecule has 4 aromatic rings. The average molecular weight is 566 g/mol. The number of carbonyl (C=O) groups is 2. The molecular weight excluding hydrogens is 534 g/mol. The van der Waals surface area contributed by atoms with E-state index in [0.717, 1.165) is 17.0 Å². The van der Waals surface area contributed by atoms with E-state index in [-0.39, 0.29) is 22.8 Å². The number of nitrogens with one attached hydrogen (secondary N) is 1. The molecule has 1 aliphatic heterocycles. The molecule has 0 spiro atoms. The van der Waals surface area contributed by atoms with E-state index in [0.29, 0.717) is 34.7 Å². The lowest BCUT2D eigenvalue weighted by molar-refractivity contribution is -0.113. The summed E-state index contributed by atoms with van der Waals surface area (Å²) in [7, 11) is 1.81. The number of rotatable bonds is 6. The molecule has 2 heterocycles. The molecule has 2 amide bonds. The molecule has 3 aromatic carbocycles. The molecule has 5 rings (SSSR count). The summed E-state index contributed by atoms with van der Waals surface area (Å²) < 4.78 is 5.90. The van der Waals surface area contributed by atoms with Crippen LogP contribution in [0, 0.1) is 5.92 Å². The van der Waals surface area contributed by atoms with E-state index in [4.69, 9.17) is 21.9 Å². The third kappa shape index (κ3) is 6.01. The number of aromatic nitrogens is 1. The van der Waals surface area contributed by atoms with Crippen LogP contribution >= 0.6 is 12.2 Å². The van der Waals surface area contributed by atoms with E-state index in [2.05, 4.69) is 24.2 Å². The molecule has 1 fully saturated rings. The van der Waals surface area contributed by atoms with Gasteiger partial charge in [0, 0.05) is 18.0 Å². The third-order valence-corrected chi connectivity index (χ3v) is 6.99. The Bertz CT molecular complexity index is 1650. The van der Waals surface area contributed by atoms with Gasteiger partial charge in [-0.15, -0.1) is 0 Å². The van der Waals surface area contributed by atoms with Gasteiger partial charge in [0.25, 0.3) is 11.8 Å². The molecule has 8 nitrogen and oxygen atoms in total. The van der Waals surface area contributed by atoms with Crippen molar-refractivity contribution in [1.29, 1.82) is 0 Å². The molecule has 0 radical (unpaired) electrons. The van der Waals surface area contributed by atoms with Crippen molar-refractivity contribution in [2.24, 2.45) is 10.9 Å². The first kappa shape index (κ1) is 28.1. The number of ether oxygens (including phenoxy) is 1. The second-order valence-electron chi connectivity index (χ2n) is 10.3. The van der Waals surface area contributed by atoms with Crippen LogP contribution in [0.4, 0.5) is 5.69 Å². The minimum Gasteiger partial charge on any atom is -0.493 e. The predicted molar refractivity (Wildman–Crippen MR) is 166 cm³/mol. The number of amides is 2. The van der Waals surface area contributed by atoms with E-state index >= 15 is 0 Å². The van der Waals surface area contributed by atoms with Gasteiger partial charge in [0.2, 0.25) is 0 Å². The third-order valence-electron chi connectivity index (χ3n) is 6.80. The highest BCUT2D eigenvalue weighted by molar-refractivity contribution is 7.80. The molecule has 1 unspecified atom stereocenters. The summed E-state index contributed by atoms with van der Waals surface area (Å²) in [5.41, 5.74) is 3.49. The zero-order valence-electron chi connectivity index (χ0n) is 23.4. The maximum Gasteiger partial charge on any atom is 0.289 e. The molecule has 0 saturated carbocycles. The van der Waals surface area contributed by atoms with Crippen LogP contribution in [0.5, 0.6) is 5.75 Å². The lowest BCUT2D eigenvalue weighted by Crippen LogP contribution is -2.38. The molecule has 208 valence electrons. The van der Waals surface area contributed by atoms with E-state index < -0.39 is 5.91 Å². The van der Waals surface area contributed by atoms with Gasteiger partial charge in [0.1, 0.15) is 11.5 Å². The first-order valence-electron chi connectivity index (χ1n) is 13.4. The summed E-state index contributed by atoms with van der Waals surface area (Å²) in [5, 5.41) is 6.65. The number of pyridine rings is 1. The number of anilines is 1. The number of hydrogen-bond acceptors (Lipinski definition) is 6. The smallest absolute Gasteiger partial charge is 0.289 e. The van der Waals surface area contributed by atoms with Crippen LogP contribution in [0.3, 0.4) is 0 Å². The Morgan fingerprint density at radius 3 is 2.54 bits per heavy atom. The number of hydrazine groups is 1. The van der Waals surface area contributed by atoms with Crippen molar-refractivity contribution in [3.63, 3.8) is 0 Å². The van der Waals surface area contributed by atoms with E-state index in [1.807, 2.05) is 92.8 Å². The molecule has 1 N–H and O–H groups in total. The first-order valence-corrected chi connectivity index (χ1v) is 13.8. The Morgan fingerprint density at radius 1 is 1.05 bits per heavy atom. The fourth-order valence-electron chi connectivity index (χ4n) is 4.61. The van der Waals surface area contributed by atoms with E-state index in [1.54, 1.807) is 16.1 Å². The molecule has 1 aliphatic rings. The SMILES string of the molecule is CC(C)COc1cccc(-c2cc(C(=O)NC(=S)N=C3C(=O)N(c4ccccc4)N(C)C3C)c3ccccc3n2)c1. The topological polar surface area (TPSA) is 87.1 Å². The molecule has 1 atom stereocenters. The monoisotopic (exact) mass is 565 g/mol. The molecule has 0 bridgehead atoms. The number of aliphatic imine (C=N–C) groups is 1. The van der Waals surface area contributed by atoms with Gasteiger partial charge in [0.05, 0.1) is 35.1 Å². The fourth-order valence-corrected chi connectivity index (χ4v) is 4.80. The number of carbonyl (C=O) groups excluding carboxylic acids is 2.